The largest absolute Gasteiger partial charge is 0.493 e. The van der Waals surface area contributed by atoms with Crippen molar-refractivity contribution in [1.29, 1.82) is 0 Å². The first-order valence-electron chi connectivity index (χ1n) is 11.3. The summed E-state index contributed by atoms with van der Waals surface area (Å²) in [5.74, 6) is 3.02. The van der Waals surface area contributed by atoms with Crippen LogP contribution in [0.15, 0.2) is 77.3 Å². The van der Waals surface area contributed by atoms with Crippen LogP contribution in [0.25, 0.3) is 11.0 Å². The first-order chi connectivity index (χ1) is 17.5. The Hall–Kier alpha value is -4.92. The Labute approximate surface area is 207 Å². The maximum Gasteiger partial charge on any atom is 0.291 e. The Bertz CT molecular complexity index is 1550. The average Bonchev–Trinajstić information content (AvgIpc) is 3.30. The number of para-hydroxylation sites is 1. The van der Waals surface area contributed by atoms with E-state index in [4.69, 9.17) is 9.15 Å². The van der Waals surface area contributed by atoms with Gasteiger partial charge in [-0.05, 0) is 67.9 Å². The molecule has 9 nitrogen and oxygen atoms in total. The molecule has 0 bridgehead atoms. The van der Waals surface area contributed by atoms with E-state index in [1.807, 2.05) is 56.3 Å². The molecule has 5 aromatic rings. The fraction of sp³-hybridized carbons (Fsp3) is 0.111. The average molecular weight is 481 g/mol. The number of nitrogens with zero attached hydrogens (tertiary/aromatic N) is 3. The molecule has 0 unspecified atom stereocenters. The number of nitrogens with one attached hydrogen (secondary N) is 3. The molecule has 1 amide bonds. The van der Waals surface area contributed by atoms with Crippen molar-refractivity contribution >= 4 is 45.7 Å². The zero-order chi connectivity index (χ0) is 25.1. The third-order valence-corrected chi connectivity index (χ3v) is 5.38. The molecule has 9 heteroatoms. The fourth-order valence-electron chi connectivity index (χ4n) is 3.72. The van der Waals surface area contributed by atoms with Crippen molar-refractivity contribution in [1.82, 2.24) is 15.0 Å². The molecular weight excluding hydrogens is 456 g/mol. The van der Waals surface area contributed by atoms with Crippen LogP contribution < -0.4 is 20.7 Å². The highest BCUT2D eigenvalue weighted by molar-refractivity contribution is 6.05. The zero-order valence-corrected chi connectivity index (χ0v) is 20.0. The molecule has 3 aromatic heterocycles. The molecule has 3 heterocycles. The van der Waals surface area contributed by atoms with Gasteiger partial charge in [0, 0.05) is 29.0 Å². The lowest BCUT2D eigenvalue weighted by molar-refractivity contribution is 0.0998. The van der Waals surface area contributed by atoms with Gasteiger partial charge in [-0.15, -0.1) is 0 Å². The predicted octanol–water partition coefficient (Wildman–Crippen LogP) is 5.98. The highest BCUT2D eigenvalue weighted by Gasteiger charge is 2.15. The molecule has 0 aliphatic rings. The smallest absolute Gasteiger partial charge is 0.291 e. The Morgan fingerprint density at radius 1 is 0.861 bits per heavy atom. The molecule has 0 spiro atoms. The number of amides is 1. The van der Waals surface area contributed by atoms with Crippen LogP contribution in [0.3, 0.4) is 0 Å². The molecule has 0 atom stereocenters. The molecule has 36 heavy (non-hydrogen) atoms. The van der Waals surface area contributed by atoms with Crippen LogP contribution in [0, 0.1) is 13.8 Å². The van der Waals surface area contributed by atoms with Crippen molar-refractivity contribution in [3.63, 3.8) is 0 Å². The lowest BCUT2D eigenvalue weighted by Gasteiger charge is -2.11. The predicted molar refractivity (Wildman–Crippen MR) is 139 cm³/mol. The van der Waals surface area contributed by atoms with Gasteiger partial charge in [0.25, 0.3) is 5.91 Å². The van der Waals surface area contributed by atoms with Crippen LogP contribution >= 0.6 is 0 Å². The molecule has 180 valence electrons. The lowest BCUT2D eigenvalue weighted by Crippen LogP contribution is -2.10. The Morgan fingerprint density at radius 2 is 1.61 bits per heavy atom. The van der Waals surface area contributed by atoms with Crippen molar-refractivity contribution in [2.45, 2.75) is 13.8 Å². The number of aromatic nitrogens is 3. The second-order valence-corrected chi connectivity index (χ2v) is 8.17. The summed E-state index contributed by atoms with van der Waals surface area (Å²) in [5, 5.41) is 10.1. The summed E-state index contributed by atoms with van der Waals surface area (Å²) in [5.41, 5.74) is 3.07. The first kappa shape index (κ1) is 22.9. The van der Waals surface area contributed by atoms with E-state index in [1.165, 1.54) is 0 Å². The van der Waals surface area contributed by atoms with Crippen LogP contribution in [-0.4, -0.2) is 28.0 Å². The molecule has 0 radical (unpaired) electrons. The van der Waals surface area contributed by atoms with Crippen molar-refractivity contribution in [2.75, 3.05) is 23.1 Å². The molecule has 3 N–H and O–H groups in total. The second kappa shape index (κ2) is 9.75. The topological polar surface area (TPSA) is 114 Å². The van der Waals surface area contributed by atoms with Gasteiger partial charge in [0.15, 0.2) is 17.1 Å². The Kier molecular flexibility index (Phi) is 6.19. The third kappa shape index (κ3) is 5.10. The fourth-order valence-corrected chi connectivity index (χ4v) is 3.72. The highest BCUT2D eigenvalue weighted by atomic mass is 16.5. The number of methoxy groups -OCH3 is 1. The summed E-state index contributed by atoms with van der Waals surface area (Å²) in [6.07, 6.45) is 1.75. The summed E-state index contributed by atoms with van der Waals surface area (Å²) >= 11 is 0. The van der Waals surface area contributed by atoms with Gasteiger partial charge in [-0.3, -0.25) is 4.79 Å². The molecule has 0 fully saturated rings. The number of rotatable bonds is 7. The molecule has 2 aromatic carbocycles. The van der Waals surface area contributed by atoms with E-state index in [9.17, 15) is 4.79 Å². The maximum absolute atomic E-state index is 12.7. The van der Waals surface area contributed by atoms with E-state index in [0.717, 1.165) is 16.6 Å². The molecule has 5 rings (SSSR count). The second-order valence-electron chi connectivity index (χ2n) is 8.17. The number of carbonyl (C=O) groups is 1. The van der Waals surface area contributed by atoms with E-state index < -0.39 is 0 Å². The van der Waals surface area contributed by atoms with Crippen LogP contribution in [0.2, 0.25) is 0 Å². The van der Waals surface area contributed by atoms with Crippen LogP contribution in [0.4, 0.5) is 28.8 Å². The number of furan rings is 1. The molecular formula is C27H24N6O3. The summed E-state index contributed by atoms with van der Waals surface area (Å²) < 4.78 is 11.0. The van der Waals surface area contributed by atoms with E-state index in [2.05, 4.69) is 30.9 Å². The number of hydrogen-bond donors (Lipinski definition) is 3. The minimum Gasteiger partial charge on any atom is -0.493 e. The number of carbonyl (C=O) groups excluding carboxylic acids is 1. The van der Waals surface area contributed by atoms with Gasteiger partial charge < -0.3 is 25.1 Å². The summed E-state index contributed by atoms with van der Waals surface area (Å²) in [4.78, 5) is 25.9. The number of pyridine rings is 1. The minimum absolute atomic E-state index is 0.205. The van der Waals surface area contributed by atoms with Gasteiger partial charge in [-0.25, -0.2) is 15.0 Å². The quantitative estimate of drug-likeness (QED) is 0.261. The third-order valence-electron chi connectivity index (χ3n) is 5.38. The number of benzene rings is 2. The van der Waals surface area contributed by atoms with Gasteiger partial charge in [-0.2, -0.15) is 0 Å². The van der Waals surface area contributed by atoms with Gasteiger partial charge in [0.1, 0.15) is 23.3 Å². The molecule has 0 saturated heterocycles. The van der Waals surface area contributed by atoms with Gasteiger partial charge in [-0.1, -0.05) is 12.1 Å². The number of anilines is 5. The van der Waals surface area contributed by atoms with E-state index >= 15 is 0 Å². The number of fused-ring (bicyclic) bond motifs is 1. The first-order valence-corrected chi connectivity index (χ1v) is 11.3. The van der Waals surface area contributed by atoms with E-state index in [0.29, 0.717) is 40.3 Å². The van der Waals surface area contributed by atoms with E-state index in [-0.39, 0.29) is 11.7 Å². The Morgan fingerprint density at radius 3 is 2.36 bits per heavy atom. The van der Waals surface area contributed by atoms with Crippen LogP contribution in [-0.2, 0) is 0 Å². The molecule has 0 aliphatic heterocycles. The number of ether oxygens (including phenoxy) is 1. The lowest BCUT2D eigenvalue weighted by atomic mass is 10.2. The van der Waals surface area contributed by atoms with E-state index in [1.54, 1.807) is 37.6 Å². The number of hydrogen-bond acceptors (Lipinski definition) is 8. The zero-order valence-electron chi connectivity index (χ0n) is 20.0. The SMILES string of the molecule is COc1cccc2cc(C(=O)Nc3ccc(Nc4cc(Nc5cc(C)ccn5)nc(C)n4)cc3)oc12. The summed E-state index contributed by atoms with van der Waals surface area (Å²) in [7, 11) is 1.56. The minimum atomic E-state index is -0.346. The Balaban J connectivity index is 1.27. The van der Waals surface area contributed by atoms with Crippen molar-refractivity contribution in [3.8, 4) is 5.75 Å². The summed E-state index contributed by atoms with van der Waals surface area (Å²) in [6.45, 7) is 3.83. The monoisotopic (exact) mass is 480 g/mol. The summed E-state index contributed by atoms with van der Waals surface area (Å²) in [6, 6.07) is 20.2. The van der Waals surface area contributed by atoms with Gasteiger partial charge in [0.2, 0.25) is 0 Å². The highest BCUT2D eigenvalue weighted by Crippen LogP contribution is 2.29. The van der Waals surface area contributed by atoms with Crippen LogP contribution in [0.5, 0.6) is 5.75 Å². The van der Waals surface area contributed by atoms with Crippen molar-refractivity contribution < 1.29 is 13.9 Å². The normalized spacial score (nSPS) is 10.8. The molecule has 0 saturated carbocycles. The van der Waals surface area contributed by atoms with Crippen molar-refractivity contribution in [2.24, 2.45) is 0 Å². The number of aryl methyl sites for hydroxylation is 2. The van der Waals surface area contributed by atoms with Crippen LogP contribution in [0.1, 0.15) is 21.9 Å². The molecule has 0 aliphatic carbocycles. The van der Waals surface area contributed by atoms with Gasteiger partial charge in [0.05, 0.1) is 7.11 Å². The van der Waals surface area contributed by atoms with Gasteiger partial charge >= 0.3 is 0 Å². The maximum atomic E-state index is 12.7. The standard InChI is InChI=1S/C27H24N6O3/c1-16-11-12-28-23(13-16)33-25-15-24(29-17(2)30-25)31-19-7-9-20(10-8-19)32-27(34)22-14-18-5-4-6-21(35-3)26(18)36-22/h4-15H,1-3H3,(H,32,34)(H2,28,29,30,31,33). The van der Waals surface area contributed by atoms with Crippen molar-refractivity contribution in [3.05, 3.63) is 90.1 Å².